The van der Waals surface area contributed by atoms with Crippen molar-refractivity contribution in [1.82, 2.24) is 5.32 Å². The Bertz CT molecular complexity index is 593. The molecule has 0 aliphatic rings. The third kappa shape index (κ3) is 3.81. The van der Waals surface area contributed by atoms with E-state index in [1.807, 2.05) is 36.4 Å². The number of halogens is 2. The Balaban J connectivity index is 2.11. The molecule has 0 radical (unpaired) electrons. The van der Waals surface area contributed by atoms with Gasteiger partial charge in [-0.05, 0) is 23.3 Å². The lowest BCUT2D eigenvalue weighted by Gasteiger charge is -2.13. The van der Waals surface area contributed by atoms with Crippen LogP contribution in [0.3, 0.4) is 0 Å². The molecular formula is C15H12BrClN2. The lowest BCUT2D eigenvalue weighted by Crippen LogP contribution is -2.19. The van der Waals surface area contributed by atoms with Crippen LogP contribution in [0, 0.1) is 11.3 Å². The van der Waals surface area contributed by atoms with E-state index < -0.39 is 0 Å². The standard InChI is InChI=1S/C15H12BrClN2/c16-14-8-12(17)6-7-13(14)15(9-18)19-10-11-4-2-1-3-5-11/h1-8,15,19H,10H2. The maximum absolute atomic E-state index is 9.28. The highest BCUT2D eigenvalue weighted by molar-refractivity contribution is 9.10. The number of benzene rings is 2. The third-order valence-corrected chi connectivity index (χ3v) is 3.68. The van der Waals surface area contributed by atoms with E-state index in [-0.39, 0.29) is 6.04 Å². The van der Waals surface area contributed by atoms with Crippen molar-refractivity contribution < 1.29 is 0 Å². The van der Waals surface area contributed by atoms with Crippen molar-refractivity contribution in [3.05, 3.63) is 69.2 Å². The largest absolute Gasteiger partial charge is 0.294 e. The average molecular weight is 336 g/mol. The van der Waals surface area contributed by atoms with E-state index in [9.17, 15) is 5.26 Å². The van der Waals surface area contributed by atoms with Crippen LogP contribution in [0.5, 0.6) is 0 Å². The number of nitrogens with zero attached hydrogens (tertiary/aromatic N) is 1. The summed E-state index contributed by atoms with van der Waals surface area (Å²) in [7, 11) is 0. The summed E-state index contributed by atoms with van der Waals surface area (Å²) >= 11 is 9.34. The molecule has 1 N–H and O–H groups in total. The highest BCUT2D eigenvalue weighted by Crippen LogP contribution is 2.26. The number of nitrogens with one attached hydrogen (secondary N) is 1. The van der Waals surface area contributed by atoms with Crippen LogP contribution in [0.4, 0.5) is 0 Å². The first-order valence-corrected chi connectivity index (χ1v) is 6.99. The van der Waals surface area contributed by atoms with Crippen molar-refractivity contribution in [3.8, 4) is 6.07 Å². The van der Waals surface area contributed by atoms with Gasteiger partial charge in [-0.15, -0.1) is 0 Å². The summed E-state index contributed by atoms with van der Waals surface area (Å²) in [6.07, 6.45) is 0. The van der Waals surface area contributed by atoms with Crippen LogP contribution in [0.1, 0.15) is 17.2 Å². The molecule has 2 aromatic rings. The van der Waals surface area contributed by atoms with Crippen LogP contribution in [-0.4, -0.2) is 0 Å². The van der Waals surface area contributed by atoms with Crippen molar-refractivity contribution in [2.75, 3.05) is 0 Å². The molecule has 0 heterocycles. The molecule has 2 aromatic carbocycles. The molecule has 4 heteroatoms. The number of hydrogen-bond donors (Lipinski definition) is 1. The third-order valence-electron chi connectivity index (χ3n) is 2.76. The molecule has 2 nitrogen and oxygen atoms in total. The SMILES string of the molecule is N#CC(NCc1ccccc1)c1ccc(Cl)cc1Br. The Hall–Kier alpha value is -1.34. The molecule has 0 aromatic heterocycles. The van der Waals surface area contributed by atoms with E-state index in [1.54, 1.807) is 12.1 Å². The lowest BCUT2D eigenvalue weighted by atomic mass is 10.1. The van der Waals surface area contributed by atoms with E-state index >= 15 is 0 Å². The lowest BCUT2D eigenvalue weighted by molar-refractivity contribution is 0.628. The summed E-state index contributed by atoms with van der Waals surface area (Å²) < 4.78 is 0.840. The molecule has 0 aliphatic carbocycles. The summed E-state index contributed by atoms with van der Waals surface area (Å²) in [5, 5.41) is 13.2. The van der Waals surface area contributed by atoms with Gasteiger partial charge in [0, 0.05) is 16.0 Å². The first-order valence-electron chi connectivity index (χ1n) is 5.82. The van der Waals surface area contributed by atoms with Crippen LogP contribution in [0.15, 0.2) is 53.0 Å². The Morgan fingerprint density at radius 2 is 1.95 bits per heavy atom. The molecule has 0 amide bonds. The number of nitriles is 1. The second-order valence-corrected chi connectivity index (χ2v) is 5.39. The molecule has 2 rings (SSSR count). The van der Waals surface area contributed by atoms with E-state index in [4.69, 9.17) is 11.6 Å². The van der Waals surface area contributed by atoms with E-state index in [1.165, 1.54) is 0 Å². The van der Waals surface area contributed by atoms with Crippen molar-refractivity contribution >= 4 is 27.5 Å². The smallest absolute Gasteiger partial charge is 0.122 e. The van der Waals surface area contributed by atoms with Crippen LogP contribution >= 0.6 is 27.5 Å². The normalized spacial score (nSPS) is 11.8. The summed E-state index contributed by atoms with van der Waals surface area (Å²) in [5.41, 5.74) is 2.04. The predicted molar refractivity (Wildman–Crippen MR) is 80.8 cm³/mol. The summed E-state index contributed by atoms with van der Waals surface area (Å²) in [5.74, 6) is 0. The van der Waals surface area contributed by atoms with Crippen LogP contribution in [0.2, 0.25) is 5.02 Å². The Kier molecular flexibility index (Phi) is 4.98. The highest BCUT2D eigenvalue weighted by atomic mass is 79.9. The van der Waals surface area contributed by atoms with Crippen molar-refractivity contribution in [2.24, 2.45) is 0 Å². The maximum atomic E-state index is 9.28. The summed E-state index contributed by atoms with van der Waals surface area (Å²) in [6, 6.07) is 17.3. The van der Waals surface area contributed by atoms with Crippen molar-refractivity contribution in [3.63, 3.8) is 0 Å². The zero-order valence-electron chi connectivity index (χ0n) is 10.1. The van der Waals surface area contributed by atoms with Gasteiger partial charge in [0.2, 0.25) is 0 Å². The first-order chi connectivity index (χ1) is 9.20. The van der Waals surface area contributed by atoms with Crippen LogP contribution < -0.4 is 5.32 Å². The fourth-order valence-corrected chi connectivity index (χ4v) is 2.69. The second kappa shape index (κ2) is 6.72. The van der Waals surface area contributed by atoms with Gasteiger partial charge in [0.1, 0.15) is 6.04 Å². The Morgan fingerprint density at radius 1 is 1.21 bits per heavy atom. The van der Waals surface area contributed by atoms with E-state index in [0.29, 0.717) is 11.6 Å². The molecule has 0 spiro atoms. The van der Waals surface area contributed by atoms with Gasteiger partial charge in [0.15, 0.2) is 0 Å². The van der Waals surface area contributed by atoms with Gasteiger partial charge in [0.25, 0.3) is 0 Å². The minimum absolute atomic E-state index is 0.369. The summed E-state index contributed by atoms with van der Waals surface area (Å²) in [6.45, 7) is 0.647. The first kappa shape index (κ1) is 14.1. The van der Waals surface area contributed by atoms with E-state index in [2.05, 4.69) is 27.3 Å². The van der Waals surface area contributed by atoms with Crippen molar-refractivity contribution in [2.45, 2.75) is 12.6 Å². The minimum atomic E-state index is -0.369. The van der Waals surface area contributed by atoms with Gasteiger partial charge in [0.05, 0.1) is 6.07 Å². The van der Waals surface area contributed by atoms with Gasteiger partial charge < -0.3 is 0 Å². The van der Waals surface area contributed by atoms with Gasteiger partial charge in [-0.2, -0.15) is 5.26 Å². The minimum Gasteiger partial charge on any atom is -0.294 e. The molecule has 1 atom stereocenters. The van der Waals surface area contributed by atoms with Gasteiger partial charge >= 0.3 is 0 Å². The molecule has 0 saturated heterocycles. The quantitative estimate of drug-likeness (QED) is 0.895. The molecule has 0 saturated carbocycles. The van der Waals surface area contributed by atoms with E-state index in [0.717, 1.165) is 15.6 Å². The number of hydrogen-bond acceptors (Lipinski definition) is 2. The van der Waals surface area contributed by atoms with Crippen molar-refractivity contribution in [1.29, 1.82) is 5.26 Å². The fourth-order valence-electron chi connectivity index (χ4n) is 1.78. The zero-order valence-corrected chi connectivity index (χ0v) is 12.4. The second-order valence-electron chi connectivity index (χ2n) is 4.09. The molecular weight excluding hydrogens is 324 g/mol. The van der Waals surface area contributed by atoms with Gasteiger partial charge in [-0.1, -0.05) is 63.9 Å². The molecule has 1 unspecified atom stereocenters. The molecule has 96 valence electrons. The highest BCUT2D eigenvalue weighted by Gasteiger charge is 2.13. The van der Waals surface area contributed by atoms with Gasteiger partial charge in [-0.3, -0.25) is 5.32 Å². The topological polar surface area (TPSA) is 35.8 Å². The summed E-state index contributed by atoms with van der Waals surface area (Å²) in [4.78, 5) is 0. The fraction of sp³-hybridized carbons (Fsp3) is 0.133. The van der Waals surface area contributed by atoms with Crippen LogP contribution in [0.25, 0.3) is 0 Å². The predicted octanol–water partition coefficient (Wildman–Crippen LogP) is 4.46. The monoisotopic (exact) mass is 334 g/mol. The molecule has 0 bridgehead atoms. The molecule has 0 fully saturated rings. The molecule has 0 aliphatic heterocycles. The zero-order chi connectivity index (χ0) is 13.7. The molecule has 19 heavy (non-hydrogen) atoms. The number of rotatable bonds is 4. The average Bonchev–Trinajstić information content (AvgIpc) is 2.42. The van der Waals surface area contributed by atoms with Gasteiger partial charge in [-0.25, -0.2) is 0 Å². The van der Waals surface area contributed by atoms with Crippen LogP contribution in [-0.2, 0) is 6.54 Å². The Morgan fingerprint density at radius 3 is 2.58 bits per heavy atom. The Labute approximate surface area is 126 Å². The maximum Gasteiger partial charge on any atom is 0.122 e.